The van der Waals surface area contributed by atoms with E-state index in [1.807, 2.05) is 18.9 Å². The van der Waals surface area contributed by atoms with Crippen molar-refractivity contribution < 1.29 is 14.4 Å². The molecule has 1 rings (SSSR count). The topological polar surface area (TPSA) is 118 Å². The second-order valence-corrected chi connectivity index (χ2v) is 6.84. The molecule has 0 aliphatic carbocycles. The lowest BCUT2D eigenvalue weighted by molar-refractivity contribution is -0.139. The lowest BCUT2D eigenvalue weighted by Gasteiger charge is -2.30. The molecule has 0 saturated carbocycles. The molecule has 0 bridgehead atoms. The number of nitrogens with one attached hydrogen (secondary N) is 3. The van der Waals surface area contributed by atoms with Gasteiger partial charge in [0.05, 0.1) is 12.4 Å². The summed E-state index contributed by atoms with van der Waals surface area (Å²) in [5.41, 5.74) is 0. The molecule has 0 saturated heterocycles. The smallest absolute Gasteiger partial charge is 0.251 e. The highest BCUT2D eigenvalue weighted by molar-refractivity contribution is 6.07. The zero-order chi connectivity index (χ0) is 19.9. The summed E-state index contributed by atoms with van der Waals surface area (Å²) in [6.45, 7) is 6.00. The van der Waals surface area contributed by atoms with E-state index < -0.39 is 6.04 Å². The number of likely N-dealkylation sites (N-methyl/N-ethyl adjacent to an activating group) is 1. The number of amidine groups is 1. The van der Waals surface area contributed by atoms with E-state index >= 15 is 0 Å². The molecule has 0 aromatic heterocycles. The van der Waals surface area contributed by atoms with E-state index in [4.69, 9.17) is 5.41 Å². The molecule has 0 radical (unpaired) electrons. The third-order valence-corrected chi connectivity index (χ3v) is 4.41. The SMILES string of the molecule is CC(=N)N(C)CCC[C@@H](C)CC(=O)N(C)C1CN=C(NC(C)=O)NC1=O. The van der Waals surface area contributed by atoms with Gasteiger partial charge in [0.25, 0.3) is 5.91 Å². The Hall–Kier alpha value is -2.45. The van der Waals surface area contributed by atoms with E-state index in [2.05, 4.69) is 15.6 Å². The molecule has 0 aromatic carbocycles. The van der Waals surface area contributed by atoms with Crippen LogP contribution in [0.1, 0.15) is 40.0 Å². The van der Waals surface area contributed by atoms with Crippen LogP contribution in [0.4, 0.5) is 0 Å². The molecule has 26 heavy (non-hydrogen) atoms. The predicted molar refractivity (Wildman–Crippen MR) is 99.9 cm³/mol. The van der Waals surface area contributed by atoms with Crippen molar-refractivity contribution in [3.05, 3.63) is 0 Å². The first-order chi connectivity index (χ1) is 12.1. The normalized spacial score (nSPS) is 17.7. The minimum atomic E-state index is -0.668. The molecule has 0 fully saturated rings. The zero-order valence-corrected chi connectivity index (χ0v) is 16.3. The van der Waals surface area contributed by atoms with Crippen LogP contribution in [0.15, 0.2) is 4.99 Å². The van der Waals surface area contributed by atoms with Crippen LogP contribution in [0.25, 0.3) is 0 Å². The fourth-order valence-corrected chi connectivity index (χ4v) is 2.60. The third-order valence-electron chi connectivity index (χ3n) is 4.41. The zero-order valence-electron chi connectivity index (χ0n) is 16.3. The molecule has 0 aromatic rings. The summed E-state index contributed by atoms with van der Waals surface area (Å²) in [6, 6.07) is -0.668. The van der Waals surface area contributed by atoms with Crippen LogP contribution in [0.5, 0.6) is 0 Å². The Labute approximate surface area is 154 Å². The fourth-order valence-electron chi connectivity index (χ4n) is 2.60. The number of aliphatic imine (C=N–C) groups is 1. The van der Waals surface area contributed by atoms with Gasteiger partial charge < -0.3 is 9.80 Å². The van der Waals surface area contributed by atoms with Crippen LogP contribution < -0.4 is 10.6 Å². The molecule has 2 atom stereocenters. The monoisotopic (exact) mass is 366 g/mol. The Morgan fingerprint density at radius 2 is 2.04 bits per heavy atom. The Bertz CT molecular complexity index is 589. The number of hydrogen-bond acceptors (Lipinski definition) is 5. The third kappa shape index (κ3) is 6.81. The predicted octanol–water partition coefficient (Wildman–Crippen LogP) is 0.171. The van der Waals surface area contributed by atoms with Crippen LogP contribution in [0.2, 0.25) is 0 Å². The molecular weight excluding hydrogens is 336 g/mol. The maximum absolute atomic E-state index is 12.4. The molecule has 3 amide bonds. The van der Waals surface area contributed by atoms with Gasteiger partial charge in [-0.25, -0.2) is 4.99 Å². The van der Waals surface area contributed by atoms with Crippen LogP contribution in [-0.4, -0.2) is 72.5 Å². The van der Waals surface area contributed by atoms with Crippen LogP contribution in [-0.2, 0) is 14.4 Å². The summed E-state index contributed by atoms with van der Waals surface area (Å²) in [5.74, 6) is 0.0661. The summed E-state index contributed by atoms with van der Waals surface area (Å²) in [5, 5.41) is 12.5. The Kier molecular flexibility index (Phi) is 8.21. The largest absolute Gasteiger partial charge is 0.364 e. The van der Waals surface area contributed by atoms with E-state index in [1.165, 1.54) is 11.8 Å². The summed E-state index contributed by atoms with van der Waals surface area (Å²) in [4.78, 5) is 43.0. The highest BCUT2D eigenvalue weighted by Crippen LogP contribution is 2.14. The summed E-state index contributed by atoms with van der Waals surface area (Å²) >= 11 is 0. The number of carbonyl (C=O) groups excluding carboxylic acids is 3. The highest BCUT2D eigenvalue weighted by atomic mass is 16.2. The molecule has 9 nitrogen and oxygen atoms in total. The van der Waals surface area contributed by atoms with Gasteiger partial charge in [0, 0.05) is 34.0 Å². The van der Waals surface area contributed by atoms with Crippen molar-refractivity contribution in [3.63, 3.8) is 0 Å². The minimum Gasteiger partial charge on any atom is -0.364 e. The van der Waals surface area contributed by atoms with Crippen LogP contribution in [0, 0.1) is 11.3 Å². The van der Waals surface area contributed by atoms with E-state index in [9.17, 15) is 14.4 Å². The van der Waals surface area contributed by atoms with E-state index in [0.29, 0.717) is 12.3 Å². The average molecular weight is 366 g/mol. The molecule has 1 unspecified atom stereocenters. The highest BCUT2D eigenvalue weighted by Gasteiger charge is 2.31. The number of carbonyl (C=O) groups is 3. The number of guanidine groups is 1. The average Bonchev–Trinajstić information content (AvgIpc) is 2.53. The van der Waals surface area contributed by atoms with Gasteiger partial charge >= 0.3 is 0 Å². The molecule has 9 heteroatoms. The molecule has 0 spiro atoms. The van der Waals surface area contributed by atoms with E-state index in [-0.39, 0.29) is 36.1 Å². The molecule has 146 valence electrons. The second-order valence-electron chi connectivity index (χ2n) is 6.84. The number of nitrogens with zero attached hydrogens (tertiary/aromatic N) is 3. The Morgan fingerprint density at radius 1 is 1.38 bits per heavy atom. The summed E-state index contributed by atoms with van der Waals surface area (Å²) in [7, 11) is 3.48. The number of amides is 3. The van der Waals surface area contributed by atoms with Crippen molar-refractivity contribution in [1.29, 1.82) is 5.41 Å². The standard InChI is InChI=1S/C17H30N6O3/c1-11(7-6-8-22(4)12(2)18)9-15(25)23(5)14-10-19-17(20-13(3)24)21-16(14)26/h11,14,18H,6-10H2,1-5H3,(H2,19,20,21,24,26)/t11-,14?/m1/s1. The van der Waals surface area contributed by atoms with E-state index in [0.717, 1.165) is 19.4 Å². The summed E-state index contributed by atoms with van der Waals surface area (Å²) < 4.78 is 0. The maximum atomic E-state index is 12.4. The Morgan fingerprint density at radius 3 is 2.58 bits per heavy atom. The molecular formula is C17H30N6O3. The first-order valence-electron chi connectivity index (χ1n) is 8.76. The van der Waals surface area contributed by atoms with Gasteiger partial charge in [-0.3, -0.25) is 30.4 Å². The first-order valence-corrected chi connectivity index (χ1v) is 8.76. The van der Waals surface area contributed by atoms with Crippen molar-refractivity contribution in [3.8, 4) is 0 Å². The molecule has 1 aliphatic heterocycles. The van der Waals surface area contributed by atoms with Gasteiger partial charge in [-0.1, -0.05) is 6.92 Å². The van der Waals surface area contributed by atoms with Crippen molar-refractivity contribution in [2.24, 2.45) is 10.9 Å². The molecule has 3 N–H and O–H groups in total. The maximum Gasteiger partial charge on any atom is 0.251 e. The van der Waals surface area contributed by atoms with Gasteiger partial charge in [-0.2, -0.15) is 0 Å². The minimum absolute atomic E-state index is 0.104. The number of rotatable bonds is 7. The number of hydrogen-bond donors (Lipinski definition) is 3. The second kappa shape index (κ2) is 9.88. The van der Waals surface area contributed by atoms with Crippen molar-refractivity contribution in [2.45, 2.75) is 46.1 Å². The van der Waals surface area contributed by atoms with Gasteiger partial charge in [0.15, 0.2) is 0 Å². The van der Waals surface area contributed by atoms with Crippen LogP contribution >= 0.6 is 0 Å². The Balaban J connectivity index is 2.47. The van der Waals surface area contributed by atoms with Crippen LogP contribution in [0.3, 0.4) is 0 Å². The lowest BCUT2D eigenvalue weighted by Crippen LogP contribution is -2.57. The first kappa shape index (κ1) is 21.6. The molecule has 1 aliphatic rings. The van der Waals surface area contributed by atoms with Gasteiger partial charge in [-0.15, -0.1) is 0 Å². The van der Waals surface area contributed by atoms with E-state index in [1.54, 1.807) is 14.0 Å². The quantitative estimate of drug-likeness (QED) is 0.440. The fraction of sp³-hybridized carbons (Fsp3) is 0.706. The van der Waals surface area contributed by atoms with Crippen molar-refractivity contribution in [2.75, 3.05) is 27.2 Å². The summed E-state index contributed by atoms with van der Waals surface area (Å²) in [6.07, 6.45) is 2.13. The van der Waals surface area contributed by atoms with Gasteiger partial charge in [-0.05, 0) is 25.7 Å². The van der Waals surface area contributed by atoms with Crippen molar-refractivity contribution >= 4 is 29.5 Å². The molecule has 1 heterocycles. The van der Waals surface area contributed by atoms with Gasteiger partial charge in [0.1, 0.15) is 6.04 Å². The lowest BCUT2D eigenvalue weighted by atomic mass is 10.0. The van der Waals surface area contributed by atoms with Gasteiger partial charge in [0.2, 0.25) is 17.8 Å². The van der Waals surface area contributed by atoms with Crippen molar-refractivity contribution in [1.82, 2.24) is 20.4 Å².